The first-order valence-corrected chi connectivity index (χ1v) is 10.2. The Morgan fingerprint density at radius 3 is 2.46 bits per heavy atom. The van der Waals surface area contributed by atoms with E-state index in [1.165, 1.54) is 12.1 Å². The average Bonchev–Trinajstić information content (AvgIpc) is 2.61. The van der Waals surface area contributed by atoms with Crippen LogP contribution < -0.4 is 10.6 Å². The number of benzene rings is 2. The number of guanidine groups is 1. The molecule has 0 aliphatic rings. The Balaban J connectivity index is 1.72. The second kappa shape index (κ2) is 9.91. The number of halogens is 1. The molecule has 0 amide bonds. The van der Waals surface area contributed by atoms with Crippen LogP contribution in [0.15, 0.2) is 59.6 Å². The predicted molar refractivity (Wildman–Crippen MR) is 103 cm³/mol. The first-order chi connectivity index (χ1) is 12.5. The molecule has 0 fully saturated rings. The maximum absolute atomic E-state index is 13.2. The van der Waals surface area contributed by atoms with Gasteiger partial charge in [-0.1, -0.05) is 42.5 Å². The lowest BCUT2D eigenvalue weighted by molar-refractivity contribution is 0.591. The van der Waals surface area contributed by atoms with Crippen LogP contribution in [0.3, 0.4) is 0 Å². The van der Waals surface area contributed by atoms with Gasteiger partial charge in [-0.3, -0.25) is 4.99 Å². The minimum atomic E-state index is -3.14. The smallest absolute Gasteiger partial charge is 0.191 e. The monoisotopic (exact) mass is 377 g/mol. The van der Waals surface area contributed by atoms with E-state index in [2.05, 4.69) is 15.6 Å². The highest BCUT2D eigenvalue weighted by molar-refractivity contribution is 7.90. The van der Waals surface area contributed by atoms with E-state index in [4.69, 9.17) is 0 Å². The van der Waals surface area contributed by atoms with E-state index in [-0.39, 0.29) is 17.3 Å². The van der Waals surface area contributed by atoms with E-state index in [0.717, 1.165) is 11.1 Å². The number of hydrogen-bond acceptors (Lipinski definition) is 3. The normalized spacial score (nSPS) is 12.0. The van der Waals surface area contributed by atoms with Crippen LogP contribution in [0.2, 0.25) is 0 Å². The highest BCUT2D eigenvalue weighted by atomic mass is 32.2. The third-order valence-electron chi connectivity index (χ3n) is 3.73. The molecule has 0 aliphatic heterocycles. The first-order valence-electron chi connectivity index (χ1n) is 8.42. The zero-order valence-electron chi connectivity index (χ0n) is 14.8. The van der Waals surface area contributed by atoms with Gasteiger partial charge in [0.2, 0.25) is 0 Å². The maximum atomic E-state index is 13.2. The molecule has 0 atom stereocenters. The van der Waals surface area contributed by atoms with E-state index in [1.54, 1.807) is 13.1 Å². The van der Waals surface area contributed by atoms with Gasteiger partial charge in [0.05, 0.1) is 11.5 Å². The fourth-order valence-corrected chi connectivity index (χ4v) is 3.88. The van der Waals surface area contributed by atoms with Gasteiger partial charge in [0, 0.05) is 20.1 Å². The SMILES string of the molecule is CN=C(NCCCS(=O)(=O)Cc1ccccc1)NCc1cccc(F)c1. The van der Waals surface area contributed by atoms with Crippen LogP contribution >= 0.6 is 0 Å². The van der Waals surface area contributed by atoms with Gasteiger partial charge < -0.3 is 10.6 Å². The average molecular weight is 377 g/mol. The van der Waals surface area contributed by atoms with Crippen molar-refractivity contribution in [1.82, 2.24) is 10.6 Å². The quantitative estimate of drug-likeness (QED) is 0.421. The van der Waals surface area contributed by atoms with Gasteiger partial charge in [-0.25, -0.2) is 12.8 Å². The minimum Gasteiger partial charge on any atom is -0.356 e. The molecule has 2 aromatic carbocycles. The summed E-state index contributed by atoms with van der Waals surface area (Å²) < 4.78 is 37.5. The molecule has 0 heterocycles. The lowest BCUT2D eigenvalue weighted by atomic mass is 10.2. The zero-order chi connectivity index (χ0) is 18.8. The van der Waals surface area contributed by atoms with E-state index in [9.17, 15) is 12.8 Å². The Bertz CT molecular complexity index is 824. The summed E-state index contributed by atoms with van der Waals surface area (Å²) in [6.07, 6.45) is 0.482. The number of nitrogens with one attached hydrogen (secondary N) is 2. The Hall–Kier alpha value is -2.41. The molecule has 0 aromatic heterocycles. The first kappa shape index (κ1) is 19.9. The van der Waals surface area contributed by atoms with Crippen molar-refractivity contribution in [3.63, 3.8) is 0 Å². The van der Waals surface area contributed by atoms with E-state index >= 15 is 0 Å². The van der Waals surface area contributed by atoms with E-state index < -0.39 is 9.84 Å². The van der Waals surface area contributed by atoms with Crippen molar-refractivity contribution in [3.8, 4) is 0 Å². The molecule has 2 rings (SSSR count). The molecule has 0 radical (unpaired) electrons. The van der Waals surface area contributed by atoms with Crippen molar-refractivity contribution < 1.29 is 12.8 Å². The third kappa shape index (κ3) is 7.23. The summed E-state index contributed by atoms with van der Waals surface area (Å²) in [6.45, 7) is 0.917. The van der Waals surface area contributed by atoms with Gasteiger partial charge in [-0.2, -0.15) is 0 Å². The van der Waals surface area contributed by atoms with Crippen LogP contribution in [-0.2, 0) is 22.1 Å². The fraction of sp³-hybridized carbons (Fsp3) is 0.316. The van der Waals surface area contributed by atoms with Crippen LogP contribution in [0.25, 0.3) is 0 Å². The number of nitrogens with zero attached hydrogens (tertiary/aromatic N) is 1. The second-order valence-electron chi connectivity index (χ2n) is 5.91. The summed E-state index contributed by atoms with van der Waals surface area (Å²) in [5, 5.41) is 6.14. The van der Waals surface area contributed by atoms with Crippen molar-refractivity contribution >= 4 is 15.8 Å². The van der Waals surface area contributed by atoms with E-state index in [1.807, 2.05) is 36.4 Å². The standard InChI is InChI=1S/C19H24FN3O2S/c1-21-19(23-14-17-9-5-10-18(20)13-17)22-11-6-12-26(24,25)15-16-7-3-2-4-8-16/h2-5,7-10,13H,6,11-12,14-15H2,1H3,(H2,21,22,23). The summed E-state index contributed by atoms with van der Waals surface area (Å²) in [5.74, 6) is 0.432. The Morgan fingerprint density at radius 2 is 1.77 bits per heavy atom. The molecule has 0 saturated carbocycles. The van der Waals surface area contributed by atoms with Crippen molar-refractivity contribution in [2.45, 2.75) is 18.7 Å². The van der Waals surface area contributed by atoms with Crippen LogP contribution in [0, 0.1) is 5.82 Å². The molecule has 0 spiro atoms. The molecule has 0 aliphatic carbocycles. The number of sulfone groups is 1. The van der Waals surface area contributed by atoms with Gasteiger partial charge in [-0.15, -0.1) is 0 Å². The Morgan fingerprint density at radius 1 is 1.04 bits per heavy atom. The highest BCUT2D eigenvalue weighted by Gasteiger charge is 2.11. The summed E-state index contributed by atoms with van der Waals surface area (Å²) in [7, 11) is -1.51. The second-order valence-corrected chi connectivity index (χ2v) is 8.10. The zero-order valence-corrected chi connectivity index (χ0v) is 15.6. The van der Waals surface area contributed by atoms with Gasteiger partial charge >= 0.3 is 0 Å². The summed E-state index contributed by atoms with van der Waals surface area (Å²) >= 11 is 0. The molecule has 140 valence electrons. The highest BCUT2D eigenvalue weighted by Crippen LogP contribution is 2.07. The molecule has 2 aromatic rings. The summed E-state index contributed by atoms with van der Waals surface area (Å²) in [6, 6.07) is 15.5. The summed E-state index contributed by atoms with van der Waals surface area (Å²) in [5.41, 5.74) is 1.60. The number of rotatable bonds is 8. The van der Waals surface area contributed by atoms with E-state index in [0.29, 0.717) is 25.5 Å². The molecular formula is C19H24FN3O2S. The fourth-order valence-electron chi connectivity index (χ4n) is 2.45. The summed E-state index contributed by atoms with van der Waals surface area (Å²) in [4.78, 5) is 4.08. The van der Waals surface area contributed by atoms with Gasteiger partial charge in [0.1, 0.15) is 5.82 Å². The molecule has 0 saturated heterocycles. The van der Waals surface area contributed by atoms with Gasteiger partial charge in [0.15, 0.2) is 15.8 Å². The lowest BCUT2D eigenvalue weighted by Gasteiger charge is -2.12. The maximum Gasteiger partial charge on any atom is 0.191 e. The van der Waals surface area contributed by atoms with Crippen LogP contribution in [0.1, 0.15) is 17.5 Å². The molecule has 0 bridgehead atoms. The lowest BCUT2D eigenvalue weighted by Crippen LogP contribution is -2.37. The van der Waals surface area contributed by atoms with Crippen molar-refractivity contribution in [3.05, 3.63) is 71.5 Å². The Labute approximate surface area is 154 Å². The van der Waals surface area contributed by atoms with Crippen molar-refractivity contribution in [2.24, 2.45) is 4.99 Å². The molecule has 2 N–H and O–H groups in total. The predicted octanol–water partition coefficient (Wildman–Crippen LogP) is 2.50. The number of hydrogen-bond donors (Lipinski definition) is 2. The molecule has 26 heavy (non-hydrogen) atoms. The largest absolute Gasteiger partial charge is 0.356 e. The van der Waals surface area contributed by atoms with Crippen LogP contribution in [0.4, 0.5) is 4.39 Å². The van der Waals surface area contributed by atoms with Crippen molar-refractivity contribution in [2.75, 3.05) is 19.3 Å². The molecule has 0 unspecified atom stereocenters. The number of aliphatic imine (C=N–C) groups is 1. The van der Waals surface area contributed by atoms with Crippen LogP contribution in [-0.4, -0.2) is 33.7 Å². The minimum absolute atomic E-state index is 0.0559. The third-order valence-corrected chi connectivity index (χ3v) is 5.41. The van der Waals surface area contributed by atoms with Gasteiger partial charge in [0.25, 0.3) is 0 Å². The van der Waals surface area contributed by atoms with Gasteiger partial charge in [-0.05, 0) is 29.7 Å². The molecule has 7 heteroatoms. The molecular weight excluding hydrogens is 353 g/mol. The topological polar surface area (TPSA) is 70.6 Å². The molecule has 5 nitrogen and oxygen atoms in total. The van der Waals surface area contributed by atoms with Crippen LogP contribution in [0.5, 0.6) is 0 Å². The Kier molecular flexibility index (Phi) is 7.59. The van der Waals surface area contributed by atoms with Crippen molar-refractivity contribution in [1.29, 1.82) is 0 Å².